The van der Waals surface area contributed by atoms with E-state index in [0.29, 0.717) is 23.3 Å². The summed E-state index contributed by atoms with van der Waals surface area (Å²) in [5.41, 5.74) is 1.70. The molecule has 0 bridgehead atoms. The highest BCUT2D eigenvalue weighted by atomic mass is 35.5. The van der Waals surface area contributed by atoms with Crippen LogP contribution in [-0.2, 0) is 6.54 Å². The van der Waals surface area contributed by atoms with Crippen LogP contribution in [0.4, 0.5) is 5.95 Å². The highest BCUT2D eigenvalue weighted by Crippen LogP contribution is 2.21. The Balaban J connectivity index is 1.69. The van der Waals surface area contributed by atoms with Gasteiger partial charge in [-0.1, -0.05) is 60.1 Å². The van der Waals surface area contributed by atoms with Gasteiger partial charge in [0.15, 0.2) is 11.6 Å². The SMILES string of the molecule is O=C(c1ccco1)n1nc(-c2ccccc2)nc1NCc1ccccc1Cl. The fourth-order valence-electron chi connectivity index (χ4n) is 2.60. The van der Waals surface area contributed by atoms with Crippen molar-refractivity contribution >= 4 is 23.5 Å². The average molecular weight is 379 g/mol. The Morgan fingerprint density at radius 3 is 2.56 bits per heavy atom. The highest BCUT2D eigenvalue weighted by molar-refractivity contribution is 6.31. The van der Waals surface area contributed by atoms with Crippen LogP contribution in [0.2, 0.25) is 5.02 Å². The van der Waals surface area contributed by atoms with Crippen molar-refractivity contribution in [3.05, 3.63) is 89.3 Å². The molecule has 2 heterocycles. The number of aromatic nitrogens is 3. The Bertz CT molecular complexity index is 1060. The Labute approximate surface area is 160 Å². The zero-order chi connectivity index (χ0) is 18.6. The van der Waals surface area contributed by atoms with Crippen LogP contribution in [0.15, 0.2) is 77.4 Å². The molecule has 4 aromatic rings. The maximum absolute atomic E-state index is 12.8. The second-order valence-electron chi connectivity index (χ2n) is 5.76. The van der Waals surface area contributed by atoms with Gasteiger partial charge in [0.1, 0.15) is 0 Å². The van der Waals surface area contributed by atoms with Crippen molar-refractivity contribution in [1.29, 1.82) is 0 Å². The monoisotopic (exact) mass is 378 g/mol. The lowest BCUT2D eigenvalue weighted by Crippen LogP contribution is -2.17. The molecule has 7 heteroatoms. The topological polar surface area (TPSA) is 73.0 Å². The van der Waals surface area contributed by atoms with E-state index in [1.165, 1.54) is 10.9 Å². The first-order valence-corrected chi connectivity index (χ1v) is 8.68. The molecule has 0 atom stereocenters. The van der Waals surface area contributed by atoms with Crippen LogP contribution in [0.3, 0.4) is 0 Å². The highest BCUT2D eigenvalue weighted by Gasteiger charge is 2.20. The molecule has 1 N–H and O–H groups in total. The molecule has 0 aliphatic heterocycles. The molecule has 0 aliphatic rings. The lowest BCUT2D eigenvalue weighted by Gasteiger charge is -2.07. The van der Waals surface area contributed by atoms with Gasteiger partial charge in [-0.25, -0.2) is 0 Å². The van der Waals surface area contributed by atoms with Gasteiger partial charge in [-0.05, 0) is 23.8 Å². The Morgan fingerprint density at radius 2 is 1.81 bits per heavy atom. The summed E-state index contributed by atoms with van der Waals surface area (Å²) < 4.78 is 6.42. The van der Waals surface area contributed by atoms with Crippen molar-refractivity contribution in [2.24, 2.45) is 0 Å². The molecule has 27 heavy (non-hydrogen) atoms. The van der Waals surface area contributed by atoms with Gasteiger partial charge in [-0.2, -0.15) is 9.67 Å². The molecule has 0 saturated carbocycles. The van der Waals surface area contributed by atoms with Crippen LogP contribution in [0.5, 0.6) is 0 Å². The van der Waals surface area contributed by atoms with Crippen LogP contribution in [0.25, 0.3) is 11.4 Å². The van der Waals surface area contributed by atoms with Crippen molar-refractivity contribution in [3.8, 4) is 11.4 Å². The third-order valence-electron chi connectivity index (χ3n) is 3.96. The number of furan rings is 1. The van der Waals surface area contributed by atoms with Crippen LogP contribution in [0, 0.1) is 0 Å². The van der Waals surface area contributed by atoms with E-state index in [-0.39, 0.29) is 5.76 Å². The van der Waals surface area contributed by atoms with Gasteiger partial charge in [0.05, 0.1) is 6.26 Å². The molecule has 0 unspecified atom stereocenters. The minimum Gasteiger partial charge on any atom is -0.459 e. The van der Waals surface area contributed by atoms with Crippen molar-refractivity contribution in [2.75, 3.05) is 5.32 Å². The molecule has 4 rings (SSSR count). The molecule has 6 nitrogen and oxygen atoms in total. The van der Waals surface area contributed by atoms with E-state index in [0.717, 1.165) is 11.1 Å². The quantitative estimate of drug-likeness (QED) is 0.553. The number of carbonyl (C=O) groups excluding carboxylic acids is 1. The summed E-state index contributed by atoms with van der Waals surface area (Å²) in [7, 11) is 0. The van der Waals surface area contributed by atoms with Crippen molar-refractivity contribution in [3.63, 3.8) is 0 Å². The van der Waals surface area contributed by atoms with Gasteiger partial charge in [-0.15, -0.1) is 5.10 Å². The van der Waals surface area contributed by atoms with E-state index in [2.05, 4.69) is 15.4 Å². The summed E-state index contributed by atoms with van der Waals surface area (Å²) in [4.78, 5) is 17.2. The van der Waals surface area contributed by atoms with Crippen LogP contribution in [-0.4, -0.2) is 20.7 Å². The third-order valence-corrected chi connectivity index (χ3v) is 4.33. The van der Waals surface area contributed by atoms with Gasteiger partial charge in [0, 0.05) is 17.1 Å². The minimum atomic E-state index is -0.406. The maximum atomic E-state index is 12.8. The van der Waals surface area contributed by atoms with E-state index in [9.17, 15) is 4.79 Å². The van der Waals surface area contributed by atoms with Crippen LogP contribution < -0.4 is 5.32 Å². The van der Waals surface area contributed by atoms with Gasteiger partial charge in [0.2, 0.25) is 5.95 Å². The molecule has 2 aromatic carbocycles. The van der Waals surface area contributed by atoms with E-state index < -0.39 is 5.91 Å². The second-order valence-corrected chi connectivity index (χ2v) is 6.17. The predicted molar refractivity (Wildman–Crippen MR) is 103 cm³/mol. The van der Waals surface area contributed by atoms with Crippen molar-refractivity contribution in [1.82, 2.24) is 14.8 Å². The first kappa shape index (κ1) is 17.1. The number of anilines is 1. The van der Waals surface area contributed by atoms with E-state index >= 15 is 0 Å². The molecule has 2 aromatic heterocycles. The normalized spacial score (nSPS) is 10.7. The van der Waals surface area contributed by atoms with Gasteiger partial charge in [-0.3, -0.25) is 4.79 Å². The third kappa shape index (κ3) is 3.61. The average Bonchev–Trinajstić information content (AvgIpc) is 3.38. The van der Waals surface area contributed by atoms with Crippen molar-refractivity contribution in [2.45, 2.75) is 6.54 Å². The Kier molecular flexibility index (Phi) is 4.72. The zero-order valence-electron chi connectivity index (χ0n) is 14.2. The number of benzene rings is 2. The first-order valence-electron chi connectivity index (χ1n) is 8.30. The predicted octanol–water partition coefficient (Wildman–Crippen LogP) is 4.49. The van der Waals surface area contributed by atoms with Crippen LogP contribution >= 0.6 is 11.6 Å². The summed E-state index contributed by atoms with van der Waals surface area (Å²) in [6.07, 6.45) is 1.44. The molecule has 0 aliphatic carbocycles. The molecule has 0 amide bonds. The number of carbonyl (C=O) groups is 1. The van der Waals surface area contributed by atoms with Crippen molar-refractivity contribution < 1.29 is 9.21 Å². The molecule has 0 fully saturated rings. The van der Waals surface area contributed by atoms with Gasteiger partial charge in [0.25, 0.3) is 0 Å². The number of hydrogen-bond donors (Lipinski definition) is 1. The van der Waals surface area contributed by atoms with E-state index in [1.54, 1.807) is 12.1 Å². The summed E-state index contributed by atoms with van der Waals surface area (Å²) in [5.74, 6) is 0.531. The minimum absolute atomic E-state index is 0.181. The number of rotatable bonds is 5. The second kappa shape index (κ2) is 7.47. The molecule has 0 spiro atoms. The molecular weight excluding hydrogens is 364 g/mol. The largest absolute Gasteiger partial charge is 0.459 e. The lowest BCUT2D eigenvalue weighted by molar-refractivity contribution is 0.0920. The summed E-state index contributed by atoms with van der Waals surface area (Å²) >= 11 is 6.21. The standard InChI is InChI=1S/C20H15ClN4O2/c21-16-10-5-4-9-15(16)13-22-20-23-18(14-7-2-1-3-8-14)24-25(20)19(26)17-11-6-12-27-17/h1-12H,13H2,(H,22,23,24). The fraction of sp³-hybridized carbons (Fsp3) is 0.0500. The molecule has 0 saturated heterocycles. The number of nitrogens with zero attached hydrogens (tertiary/aromatic N) is 3. The van der Waals surface area contributed by atoms with Gasteiger partial charge >= 0.3 is 5.91 Å². The molecule has 134 valence electrons. The summed E-state index contributed by atoms with van der Waals surface area (Å²) in [6, 6.07) is 20.2. The van der Waals surface area contributed by atoms with E-state index in [1.807, 2.05) is 54.6 Å². The number of halogens is 1. The molecule has 0 radical (unpaired) electrons. The number of hydrogen-bond acceptors (Lipinski definition) is 5. The smallest absolute Gasteiger partial charge is 0.317 e. The maximum Gasteiger partial charge on any atom is 0.317 e. The Morgan fingerprint density at radius 1 is 1.04 bits per heavy atom. The lowest BCUT2D eigenvalue weighted by atomic mass is 10.2. The van der Waals surface area contributed by atoms with Crippen LogP contribution in [0.1, 0.15) is 16.1 Å². The zero-order valence-corrected chi connectivity index (χ0v) is 14.9. The fourth-order valence-corrected chi connectivity index (χ4v) is 2.80. The first-order chi connectivity index (χ1) is 13.2. The van der Waals surface area contributed by atoms with Gasteiger partial charge < -0.3 is 9.73 Å². The summed E-state index contributed by atoms with van der Waals surface area (Å²) in [5, 5.41) is 8.15. The summed E-state index contributed by atoms with van der Waals surface area (Å²) in [6.45, 7) is 0.401. The van der Waals surface area contributed by atoms with E-state index in [4.69, 9.17) is 16.0 Å². The Hall–Kier alpha value is -3.38. The number of nitrogens with one attached hydrogen (secondary N) is 1. The molecular formula is C20H15ClN4O2.